The number of piperidine rings is 1. The zero-order valence-electron chi connectivity index (χ0n) is 16.1. The molecule has 0 saturated carbocycles. The Kier molecular flexibility index (Phi) is 7.28. The molecule has 2 amide bonds. The largest absolute Gasteiger partial charge is 0.379 e. The summed E-state index contributed by atoms with van der Waals surface area (Å²) >= 11 is 0. The number of hydrogen-bond donors (Lipinski definition) is 1. The predicted octanol–water partition coefficient (Wildman–Crippen LogP) is 0.0152. The molecule has 3 aliphatic heterocycles. The topological polar surface area (TPSA) is 65.1 Å². The fourth-order valence-corrected chi connectivity index (χ4v) is 4.24. The Morgan fingerprint density at radius 2 is 1.54 bits per heavy atom. The number of hydrogen-bond acceptors (Lipinski definition) is 5. The van der Waals surface area contributed by atoms with Crippen LogP contribution in [0.15, 0.2) is 0 Å². The van der Waals surface area contributed by atoms with Crippen LogP contribution in [0.1, 0.15) is 26.2 Å². The third-order valence-electron chi connectivity index (χ3n) is 6.13. The molecule has 3 heterocycles. The number of amides is 2. The average molecular weight is 367 g/mol. The summed E-state index contributed by atoms with van der Waals surface area (Å²) in [4.78, 5) is 31.1. The molecule has 0 aromatic carbocycles. The molecule has 7 heteroatoms. The smallest absolute Gasteiger partial charge is 0.236 e. The first-order chi connectivity index (χ1) is 12.6. The van der Waals surface area contributed by atoms with Crippen LogP contribution in [0.3, 0.4) is 0 Å². The summed E-state index contributed by atoms with van der Waals surface area (Å²) in [7, 11) is 0. The standard InChI is InChI=1S/C19H34N4O3/c1-16(17-2-4-20-5-3-17)14-18(24)22-6-8-23(9-7-22)19(25)15-21-10-12-26-13-11-21/h16-17,20H,2-15H2,1H3. The van der Waals surface area contributed by atoms with E-state index in [1.165, 1.54) is 12.8 Å². The van der Waals surface area contributed by atoms with Gasteiger partial charge in [0.15, 0.2) is 0 Å². The van der Waals surface area contributed by atoms with Gasteiger partial charge in [0, 0.05) is 45.7 Å². The lowest BCUT2D eigenvalue weighted by molar-refractivity contribution is -0.141. The molecular formula is C19H34N4O3. The van der Waals surface area contributed by atoms with E-state index >= 15 is 0 Å². The molecule has 3 rings (SSSR count). The first-order valence-corrected chi connectivity index (χ1v) is 10.2. The second-order valence-corrected chi connectivity index (χ2v) is 7.92. The molecule has 0 radical (unpaired) electrons. The fourth-order valence-electron chi connectivity index (χ4n) is 4.24. The quantitative estimate of drug-likeness (QED) is 0.743. The van der Waals surface area contributed by atoms with E-state index in [0.29, 0.717) is 64.2 Å². The lowest BCUT2D eigenvalue weighted by Gasteiger charge is -2.37. The van der Waals surface area contributed by atoms with Gasteiger partial charge < -0.3 is 19.9 Å². The summed E-state index contributed by atoms with van der Waals surface area (Å²) in [6.45, 7) is 10.6. The molecule has 1 N–H and O–H groups in total. The van der Waals surface area contributed by atoms with Gasteiger partial charge >= 0.3 is 0 Å². The van der Waals surface area contributed by atoms with Crippen LogP contribution in [0, 0.1) is 11.8 Å². The van der Waals surface area contributed by atoms with E-state index in [4.69, 9.17) is 4.74 Å². The summed E-state index contributed by atoms with van der Waals surface area (Å²) in [6.07, 6.45) is 3.00. The molecule has 148 valence electrons. The van der Waals surface area contributed by atoms with Gasteiger partial charge in [0.1, 0.15) is 0 Å². The zero-order valence-corrected chi connectivity index (χ0v) is 16.1. The van der Waals surface area contributed by atoms with Crippen LogP contribution >= 0.6 is 0 Å². The van der Waals surface area contributed by atoms with Crippen molar-refractivity contribution in [2.45, 2.75) is 26.2 Å². The average Bonchev–Trinajstić information content (AvgIpc) is 2.69. The van der Waals surface area contributed by atoms with E-state index in [1.54, 1.807) is 0 Å². The number of carbonyl (C=O) groups excluding carboxylic acids is 2. The van der Waals surface area contributed by atoms with Crippen molar-refractivity contribution in [3.63, 3.8) is 0 Å². The van der Waals surface area contributed by atoms with Gasteiger partial charge in [-0.2, -0.15) is 0 Å². The van der Waals surface area contributed by atoms with Crippen LogP contribution in [0.5, 0.6) is 0 Å². The molecule has 7 nitrogen and oxygen atoms in total. The molecule has 3 aliphatic rings. The predicted molar refractivity (Wildman–Crippen MR) is 99.8 cm³/mol. The minimum atomic E-state index is 0.182. The zero-order chi connectivity index (χ0) is 18.4. The number of carbonyl (C=O) groups is 2. The van der Waals surface area contributed by atoms with Crippen molar-refractivity contribution in [1.29, 1.82) is 0 Å². The molecule has 0 spiro atoms. The molecule has 0 bridgehead atoms. The molecule has 26 heavy (non-hydrogen) atoms. The Morgan fingerprint density at radius 3 is 2.15 bits per heavy atom. The third kappa shape index (κ3) is 5.41. The Labute approximate surface area is 157 Å². The van der Waals surface area contributed by atoms with Crippen molar-refractivity contribution in [2.75, 3.05) is 72.1 Å². The number of piperazine rings is 1. The van der Waals surface area contributed by atoms with Crippen molar-refractivity contribution < 1.29 is 14.3 Å². The van der Waals surface area contributed by atoms with E-state index in [0.717, 1.165) is 26.2 Å². The Bertz CT molecular complexity index is 467. The van der Waals surface area contributed by atoms with E-state index in [1.807, 2.05) is 9.80 Å². The van der Waals surface area contributed by atoms with E-state index in [9.17, 15) is 9.59 Å². The molecule has 3 fully saturated rings. The first kappa shape index (κ1) is 19.6. The second kappa shape index (κ2) is 9.67. The summed E-state index contributed by atoms with van der Waals surface area (Å²) in [5.41, 5.74) is 0. The van der Waals surface area contributed by atoms with Crippen molar-refractivity contribution in [3.05, 3.63) is 0 Å². The monoisotopic (exact) mass is 366 g/mol. The summed E-state index contributed by atoms with van der Waals surface area (Å²) in [5.74, 6) is 1.56. The van der Waals surface area contributed by atoms with Gasteiger partial charge in [-0.1, -0.05) is 6.92 Å². The Morgan fingerprint density at radius 1 is 0.962 bits per heavy atom. The number of rotatable bonds is 5. The minimum absolute atomic E-state index is 0.182. The first-order valence-electron chi connectivity index (χ1n) is 10.2. The second-order valence-electron chi connectivity index (χ2n) is 7.92. The van der Waals surface area contributed by atoms with Gasteiger partial charge in [-0.15, -0.1) is 0 Å². The van der Waals surface area contributed by atoms with E-state index in [2.05, 4.69) is 17.1 Å². The van der Waals surface area contributed by atoms with Crippen LogP contribution in [-0.4, -0.2) is 98.6 Å². The van der Waals surface area contributed by atoms with Crippen LogP contribution in [0.25, 0.3) is 0 Å². The Hall–Kier alpha value is -1.18. The van der Waals surface area contributed by atoms with Crippen molar-refractivity contribution in [2.24, 2.45) is 11.8 Å². The highest BCUT2D eigenvalue weighted by atomic mass is 16.5. The highest BCUT2D eigenvalue weighted by Gasteiger charge is 2.28. The van der Waals surface area contributed by atoms with Gasteiger partial charge in [-0.3, -0.25) is 14.5 Å². The molecule has 0 aromatic rings. The highest BCUT2D eigenvalue weighted by molar-refractivity contribution is 5.79. The SMILES string of the molecule is CC(CC(=O)N1CCN(C(=O)CN2CCOCC2)CC1)C1CCNCC1. The number of nitrogens with zero attached hydrogens (tertiary/aromatic N) is 3. The maximum atomic E-state index is 12.6. The minimum Gasteiger partial charge on any atom is -0.379 e. The van der Waals surface area contributed by atoms with Gasteiger partial charge in [0.25, 0.3) is 0 Å². The highest BCUT2D eigenvalue weighted by Crippen LogP contribution is 2.25. The molecule has 1 unspecified atom stereocenters. The van der Waals surface area contributed by atoms with Gasteiger partial charge in [-0.25, -0.2) is 0 Å². The van der Waals surface area contributed by atoms with Gasteiger partial charge in [-0.05, 0) is 37.8 Å². The lowest BCUT2D eigenvalue weighted by atomic mass is 9.84. The summed E-state index contributed by atoms with van der Waals surface area (Å²) < 4.78 is 5.33. The van der Waals surface area contributed by atoms with E-state index < -0.39 is 0 Å². The van der Waals surface area contributed by atoms with Crippen LogP contribution in [0.2, 0.25) is 0 Å². The molecular weight excluding hydrogens is 332 g/mol. The molecule has 0 aromatic heterocycles. The van der Waals surface area contributed by atoms with Crippen LogP contribution in [0.4, 0.5) is 0 Å². The van der Waals surface area contributed by atoms with E-state index in [-0.39, 0.29) is 11.8 Å². The molecule has 0 aliphatic carbocycles. The maximum Gasteiger partial charge on any atom is 0.236 e. The third-order valence-corrected chi connectivity index (χ3v) is 6.13. The van der Waals surface area contributed by atoms with Crippen LogP contribution < -0.4 is 5.32 Å². The summed E-state index contributed by atoms with van der Waals surface area (Å²) in [5, 5.41) is 3.39. The summed E-state index contributed by atoms with van der Waals surface area (Å²) in [6, 6.07) is 0. The number of nitrogens with one attached hydrogen (secondary N) is 1. The van der Waals surface area contributed by atoms with Gasteiger partial charge in [0.2, 0.25) is 11.8 Å². The van der Waals surface area contributed by atoms with Crippen molar-refractivity contribution in [3.8, 4) is 0 Å². The van der Waals surface area contributed by atoms with Crippen molar-refractivity contribution in [1.82, 2.24) is 20.0 Å². The maximum absolute atomic E-state index is 12.6. The Balaban J connectivity index is 1.38. The molecule has 3 saturated heterocycles. The molecule has 1 atom stereocenters. The fraction of sp³-hybridized carbons (Fsp3) is 0.895. The normalized spacial score (nSPS) is 24.5. The van der Waals surface area contributed by atoms with Gasteiger partial charge in [0.05, 0.1) is 19.8 Å². The van der Waals surface area contributed by atoms with Crippen LogP contribution in [-0.2, 0) is 14.3 Å². The number of ether oxygens (including phenoxy) is 1. The van der Waals surface area contributed by atoms with Crippen molar-refractivity contribution >= 4 is 11.8 Å². The number of morpholine rings is 1. The lowest BCUT2D eigenvalue weighted by Crippen LogP contribution is -2.53.